The van der Waals surface area contributed by atoms with Crippen molar-refractivity contribution in [3.63, 3.8) is 0 Å². The minimum Gasteiger partial charge on any atom is -0.468 e. The Morgan fingerprint density at radius 1 is 1.73 bits per heavy atom. The molecule has 0 aliphatic heterocycles. The van der Waals surface area contributed by atoms with Gasteiger partial charge in [0.15, 0.2) is 5.82 Å². The van der Waals surface area contributed by atoms with Gasteiger partial charge in [-0.25, -0.2) is 4.57 Å². The lowest BCUT2D eigenvalue weighted by atomic mass is 10.4. The highest BCUT2D eigenvalue weighted by Gasteiger charge is 2.15. The van der Waals surface area contributed by atoms with Crippen LogP contribution in [0.15, 0.2) is 9.97 Å². The number of nitrogens with zero attached hydrogens (tertiary/aromatic N) is 3. The smallest absolute Gasteiger partial charge is 0.301 e. The number of ether oxygens (including phenoxy) is 1. The van der Waals surface area contributed by atoms with Crippen LogP contribution in [0.1, 0.15) is 0 Å². The van der Waals surface area contributed by atoms with Crippen molar-refractivity contribution in [3.05, 3.63) is 15.3 Å². The average Bonchev–Trinajstić information content (AvgIpc) is 2.22. The van der Waals surface area contributed by atoms with Gasteiger partial charge < -0.3 is 10.5 Å². The Kier molecular flexibility index (Phi) is 3.03. The second-order valence-electron chi connectivity index (χ2n) is 2.52. The first-order chi connectivity index (χ1) is 7.15. The maximum atomic E-state index is 11.6. The van der Waals surface area contributed by atoms with E-state index in [4.69, 9.17) is 16.9 Å². The lowest BCUT2D eigenvalue weighted by Gasteiger charge is -2.08. The van der Waals surface area contributed by atoms with E-state index < -0.39 is 11.2 Å². The van der Waals surface area contributed by atoms with E-state index in [1.165, 1.54) is 7.11 Å². The molecule has 15 heavy (non-hydrogen) atoms. The summed E-state index contributed by atoms with van der Waals surface area (Å²) >= 11 is 0. The lowest BCUT2D eigenvalue weighted by molar-refractivity contribution is 0.354. The van der Waals surface area contributed by atoms with Crippen LogP contribution in [0.5, 0.6) is 6.01 Å². The molecule has 78 valence electrons. The number of nitroso groups, excluding NO2 is 1. The van der Waals surface area contributed by atoms with E-state index in [2.05, 4.69) is 16.1 Å². The SMILES string of the molecule is C#CCn1c(OC)nc(N)c(N=O)c1=O. The molecule has 0 bridgehead atoms. The number of methoxy groups -OCH3 is 1. The molecule has 0 spiro atoms. The van der Waals surface area contributed by atoms with Crippen molar-refractivity contribution in [1.29, 1.82) is 0 Å². The predicted molar refractivity (Wildman–Crippen MR) is 53.7 cm³/mol. The molecule has 0 unspecified atom stereocenters. The summed E-state index contributed by atoms with van der Waals surface area (Å²) in [4.78, 5) is 25.6. The average molecular weight is 208 g/mol. The van der Waals surface area contributed by atoms with Crippen LogP contribution in [-0.2, 0) is 6.54 Å². The van der Waals surface area contributed by atoms with E-state index in [1.807, 2.05) is 0 Å². The van der Waals surface area contributed by atoms with E-state index in [0.29, 0.717) is 0 Å². The monoisotopic (exact) mass is 208 g/mol. The summed E-state index contributed by atoms with van der Waals surface area (Å²) in [5.74, 6) is 1.95. The highest BCUT2D eigenvalue weighted by Crippen LogP contribution is 2.17. The van der Waals surface area contributed by atoms with Gasteiger partial charge in [0.25, 0.3) is 5.56 Å². The van der Waals surface area contributed by atoms with Gasteiger partial charge in [-0.2, -0.15) is 4.98 Å². The third-order valence-corrected chi connectivity index (χ3v) is 1.66. The second-order valence-corrected chi connectivity index (χ2v) is 2.52. The second kappa shape index (κ2) is 4.23. The summed E-state index contributed by atoms with van der Waals surface area (Å²) in [6.45, 7) is -0.0716. The first-order valence-corrected chi connectivity index (χ1v) is 3.86. The summed E-state index contributed by atoms with van der Waals surface area (Å²) < 4.78 is 5.78. The van der Waals surface area contributed by atoms with Gasteiger partial charge in [-0.15, -0.1) is 11.3 Å². The van der Waals surface area contributed by atoms with Crippen LogP contribution in [0.25, 0.3) is 0 Å². The summed E-state index contributed by atoms with van der Waals surface area (Å²) in [6.07, 6.45) is 5.05. The molecule has 2 N–H and O–H groups in total. The van der Waals surface area contributed by atoms with Crippen molar-refractivity contribution in [3.8, 4) is 18.4 Å². The molecule has 0 aliphatic rings. The molecule has 0 aliphatic carbocycles. The first kappa shape index (κ1) is 10.7. The number of aromatic nitrogens is 2. The van der Waals surface area contributed by atoms with Crippen LogP contribution in [0.3, 0.4) is 0 Å². The zero-order chi connectivity index (χ0) is 11.4. The minimum atomic E-state index is -0.715. The van der Waals surface area contributed by atoms with E-state index in [-0.39, 0.29) is 18.4 Å². The van der Waals surface area contributed by atoms with Gasteiger partial charge in [-0.05, 0) is 5.18 Å². The van der Waals surface area contributed by atoms with E-state index in [9.17, 15) is 9.70 Å². The molecule has 0 aromatic carbocycles. The maximum Gasteiger partial charge on any atom is 0.301 e. The maximum absolute atomic E-state index is 11.6. The molecule has 1 aromatic rings. The fraction of sp³-hybridized carbons (Fsp3) is 0.250. The molecule has 0 amide bonds. The standard InChI is InChI=1S/C8H8N4O3/c1-3-4-12-7(13)5(11-14)6(9)10-8(12)15-2/h1H,4,9H2,2H3. The minimum absolute atomic E-state index is 0.0529. The van der Waals surface area contributed by atoms with Crippen molar-refractivity contribution in [2.24, 2.45) is 5.18 Å². The van der Waals surface area contributed by atoms with Crippen molar-refractivity contribution in [1.82, 2.24) is 9.55 Å². The summed E-state index contributed by atoms with van der Waals surface area (Å²) in [6, 6.07) is -0.0529. The summed E-state index contributed by atoms with van der Waals surface area (Å²) in [7, 11) is 1.31. The normalized spacial score (nSPS) is 9.33. The van der Waals surface area contributed by atoms with Crippen LogP contribution < -0.4 is 16.0 Å². The van der Waals surface area contributed by atoms with Gasteiger partial charge in [0.2, 0.25) is 5.69 Å². The molecule has 0 fully saturated rings. The molecule has 1 aromatic heterocycles. The first-order valence-electron chi connectivity index (χ1n) is 3.86. The van der Waals surface area contributed by atoms with Gasteiger partial charge in [-0.3, -0.25) is 4.79 Å². The highest BCUT2D eigenvalue weighted by atomic mass is 16.5. The Hall–Kier alpha value is -2.36. The fourth-order valence-electron chi connectivity index (χ4n) is 1.01. The Balaban J connectivity index is 3.54. The Morgan fingerprint density at radius 3 is 2.87 bits per heavy atom. The molecular weight excluding hydrogens is 200 g/mol. The van der Waals surface area contributed by atoms with Crippen molar-refractivity contribution in [2.75, 3.05) is 12.8 Å². The third kappa shape index (κ3) is 1.78. The largest absolute Gasteiger partial charge is 0.468 e. The van der Waals surface area contributed by atoms with Gasteiger partial charge >= 0.3 is 6.01 Å². The predicted octanol–water partition coefficient (Wildman–Crippen LogP) is -0.135. The molecule has 0 atom stereocenters. The lowest BCUT2D eigenvalue weighted by Crippen LogP contribution is -2.23. The number of anilines is 1. The van der Waals surface area contributed by atoms with Crippen LogP contribution in [0.2, 0.25) is 0 Å². The molecule has 0 saturated heterocycles. The zero-order valence-corrected chi connectivity index (χ0v) is 7.93. The zero-order valence-electron chi connectivity index (χ0n) is 7.93. The molecule has 7 heteroatoms. The van der Waals surface area contributed by atoms with Crippen LogP contribution in [-0.4, -0.2) is 16.7 Å². The summed E-state index contributed by atoms with van der Waals surface area (Å²) in [5, 5.41) is 2.49. The van der Waals surface area contributed by atoms with Gasteiger partial charge in [0.05, 0.1) is 13.7 Å². The van der Waals surface area contributed by atoms with E-state index in [1.54, 1.807) is 0 Å². The third-order valence-electron chi connectivity index (χ3n) is 1.66. The number of nitrogens with two attached hydrogens (primary N) is 1. The topological polar surface area (TPSA) is 99.6 Å². The highest BCUT2D eigenvalue weighted by molar-refractivity contribution is 5.56. The molecule has 0 saturated carbocycles. The molecule has 1 rings (SSSR count). The van der Waals surface area contributed by atoms with Crippen LogP contribution in [0.4, 0.5) is 11.5 Å². The van der Waals surface area contributed by atoms with Gasteiger partial charge in [-0.1, -0.05) is 5.92 Å². The molecule has 7 nitrogen and oxygen atoms in total. The Labute approximate surface area is 84.8 Å². The Morgan fingerprint density at radius 2 is 2.40 bits per heavy atom. The number of nitrogen functional groups attached to an aromatic ring is 1. The number of terminal acetylenes is 1. The number of rotatable bonds is 3. The van der Waals surface area contributed by atoms with Crippen molar-refractivity contribution < 1.29 is 4.74 Å². The molecule has 1 heterocycles. The van der Waals surface area contributed by atoms with Gasteiger partial charge in [0.1, 0.15) is 0 Å². The van der Waals surface area contributed by atoms with Gasteiger partial charge in [0, 0.05) is 0 Å². The molecule has 0 radical (unpaired) electrons. The Bertz CT molecular complexity index is 486. The number of hydrogen-bond donors (Lipinski definition) is 1. The van der Waals surface area contributed by atoms with Crippen LogP contribution >= 0.6 is 0 Å². The number of hydrogen-bond acceptors (Lipinski definition) is 6. The fourth-order valence-corrected chi connectivity index (χ4v) is 1.01. The van der Waals surface area contributed by atoms with Crippen molar-refractivity contribution in [2.45, 2.75) is 6.54 Å². The van der Waals surface area contributed by atoms with E-state index >= 15 is 0 Å². The van der Waals surface area contributed by atoms with Crippen LogP contribution in [0, 0.1) is 17.3 Å². The van der Waals surface area contributed by atoms with E-state index in [0.717, 1.165) is 4.57 Å². The molecular formula is C8H8N4O3. The quantitative estimate of drug-likeness (QED) is 0.550. The summed E-state index contributed by atoms with van der Waals surface area (Å²) in [5.41, 5.74) is 4.14. The van der Waals surface area contributed by atoms with Crippen molar-refractivity contribution >= 4 is 11.5 Å².